The average Bonchev–Trinajstić information content (AvgIpc) is 3.27. The second kappa shape index (κ2) is 9.96. The molecule has 1 atom stereocenters. The van der Waals surface area contributed by atoms with Crippen molar-refractivity contribution in [3.8, 4) is 23.0 Å². The summed E-state index contributed by atoms with van der Waals surface area (Å²) in [6.45, 7) is 0.231. The first-order valence-electron chi connectivity index (χ1n) is 10.4. The van der Waals surface area contributed by atoms with Gasteiger partial charge >= 0.3 is 6.03 Å². The van der Waals surface area contributed by atoms with Crippen LogP contribution >= 0.6 is 0 Å². The lowest BCUT2D eigenvalue weighted by molar-refractivity contribution is 0.174. The van der Waals surface area contributed by atoms with Crippen LogP contribution < -0.4 is 29.6 Å². The van der Waals surface area contributed by atoms with Crippen molar-refractivity contribution in [1.29, 1.82) is 0 Å². The summed E-state index contributed by atoms with van der Waals surface area (Å²) in [7, 11) is 3.13. The number of hydrogen-bond acceptors (Lipinski definition) is 5. The van der Waals surface area contributed by atoms with E-state index in [9.17, 15) is 4.79 Å². The Morgan fingerprint density at radius 3 is 2.47 bits per heavy atom. The molecule has 0 saturated heterocycles. The number of benzene rings is 3. The van der Waals surface area contributed by atoms with Crippen molar-refractivity contribution in [2.24, 2.45) is 0 Å². The molecule has 0 unspecified atom stereocenters. The minimum absolute atomic E-state index is 0.144. The van der Waals surface area contributed by atoms with Crippen LogP contribution in [0.4, 0.5) is 10.5 Å². The summed E-state index contributed by atoms with van der Waals surface area (Å²) in [6, 6.07) is 20.7. The molecule has 0 radical (unpaired) electrons. The molecule has 7 nitrogen and oxygen atoms in total. The molecule has 2 N–H and O–H groups in total. The van der Waals surface area contributed by atoms with E-state index >= 15 is 0 Å². The Morgan fingerprint density at radius 2 is 1.69 bits per heavy atom. The molecule has 0 saturated carbocycles. The number of rotatable bonds is 8. The van der Waals surface area contributed by atoms with Crippen molar-refractivity contribution in [2.45, 2.75) is 18.9 Å². The third kappa shape index (κ3) is 5.24. The van der Waals surface area contributed by atoms with Crippen molar-refractivity contribution in [2.75, 3.05) is 26.3 Å². The molecule has 0 bridgehead atoms. The van der Waals surface area contributed by atoms with E-state index in [-0.39, 0.29) is 18.9 Å². The third-order valence-electron chi connectivity index (χ3n) is 5.23. The van der Waals surface area contributed by atoms with Crippen LogP contribution in [-0.4, -0.2) is 33.1 Å². The lowest BCUT2D eigenvalue weighted by Crippen LogP contribution is -2.40. The minimum Gasteiger partial charge on any atom is -0.497 e. The summed E-state index contributed by atoms with van der Waals surface area (Å²) in [5, 5.41) is 5.98. The van der Waals surface area contributed by atoms with Gasteiger partial charge in [0.25, 0.3) is 0 Å². The van der Waals surface area contributed by atoms with Gasteiger partial charge in [-0.2, -0.15) is 0 Å². The molecule has 4 rings (SSSR count). The highest BCUT2D eigenvalue weighted by Gasteiger charge is 2.19. The van der Waals surface area contributed by atoms with Gasteiger partial charge in [-0.25, -0.2) is 4.79 Å². The van der Waals surface area contributed by atoms with Gasteiger partial charge < -0.3 is 29.6 Å². The standard InChI is InChI=1S/C25H26N2O5/c1-29-20-9-11-22(30-2)21(15-20)27-25(28)26-19(12-17-6-4-3-5-7-17)13-18-8-10-23-24(14-18)32-16-31-23/h3-11,14-15,19H,12-13,16H2,1-2H3,(H2,26,27,28)/t19-/m1/s1. The van der Waals surface area contributed by atoms with Gasteiger partial charge in [0.1, 0.15) is 11.5 Å². The molecule has 166 valence electrons. The quantitative estimate of drug-likeness (QED) is 0.549. The van der Waals surface area contributed by atoms with Gasteiger partial charge in [0.15, 0.2) is 11.5 Å². The highest BCUT2D eigenvalue weighted by atomic mass is 16.7. The molecule has 2 amide bonds. The lowest BCUT2D eigenvalue weighted by atomic mass is 9.98. The Labute approximate surface area is 187 Å². The summed E-state index contributed by atoms with van der Waals surface area (Å²) < 4.78 is 21.5. The predicted octanol–water partition coefficient (Wildman–Crippen LogP) is 4.41. The van der Waals surface area contributed by atoms with Gasteiger partial charge in [-0.05, 0) is 48.2 Å². The number of ether oxygens (including phenoxy) is 4. The van der Waals surface area contributed by atoms with Gasteiger partial charge in [0.05, 0.1) is 19.9 Å². The van der Waals surface area contributed by atoms with Crippen LogP contribution in [0, 0.1) is 0 Å². The average molecular weight is 434 g/mol. The van der Waals surface area contributed by atoms with E-state index in [2.05, 4.69) is 22.8 Å². The second-order valence-corrected chi connectivity index (χ2v) is 7.44. The first-order chi connectivity index (χ1) is 15.6. The zero-order chi connectivity index (χ0) is 22.3. The number of carbonyl (C=O) groups excluding carboxylic acids is 1. The first-order valence-corrected chi connectivity index (χ1v) is 10.4. The number of nitrogens with one attached hydrogen (secondary N) is 2. The fourth-order valence-electron chi connectivity index (χ4n) is 3.68. The van der Waals surface area contributed by atoms with Gasteiger partial charge in [0.2, 0.25) is 6.79 Å². The molecule has 0 spiro atoms. The summed E-state index contributed by atoms with van der Waals surface area (Å²) in [4.78, 5) is 12.9. The summed E-state index contributed by atoms with van der Waals surface area (Å²) in [5.74, 6) is 2.65. The van der Waals surface area contributed by atoms with Crippen molar-refractivity contribution < 1.29 is 23.7 Å². The Hall–Kier alpha value is -3.87. The molecular formula is C25H26N2O5. The van der Waals surface area contributed by atoms with Gasteiger partial charge in [0, 0.05) is 12.1 Å². The molecule has 1 heterocycles. The second-order valence-electron chi connectivity index (χ2n) is 7.44. The van der Waals surface area contributed by atoms with E-state index in [0.29, 0.717) is 30.0 Å². The van der Waals surface area contributed by atoms with E-state index in [1.165, 1.54) is 0 Å². The number of methoxy groups -OCH3 is 2. The molecule has 0 aromatic heterocycles. The molecule has 1 aliphatic heterocycles. The highest BCUT2D eigenvalue weighted by molar-refractivity contribution is 5.91. The van der Waals surface area contributed by atoms with Crippen LogP contribution in [0.25, 0.3) is 0 Å². The summed E-state index contributed by atoms with van der Waals surface area (Å²) in [5.41, 5.74) is 2.72. The Kier molecular flexibility index (Phi) is 6.65. The van der Waals surface area contributed by atoms with Crippen LogP contribution in [0.3, 0.4) is 0 Å². The minimum atomic E-state index is -0.321. The molecular weight excluding hydrogens is 408 g/mol. The lowest BCUT2D eigenvalue weighted by Gasteiger charge is -2.20. The van der Waals surface area contributed by atoms with Gasteiger partial charge in [-0.3, -0.25) is 0 Å². The van der Waals surface area contributed by atoms with Crippen LogP contribution in [-0.2, 0) is 12.8 Å². The fraction of sp³-hybridized carbons (Fsp3) is 0.240. The number of urea groups is 1. The highest BCUT2D eigenvalue weighted by Crippen LogP contribution is 2.33. The van der Waals surface area contributed by atoms with Crippen molar-refractivity contribution in [3.05, 3.63) is 77.9 Å². The zero-order valence-corrected chi connectivity index (χ0v) is 18.1. The molecule has 1 aliphatic rings. The Bertz CT molecular complexity index is 1070. The fourth-order valence-corrected chi connectivity index (χ4v) is 3.68. The topological polar surface area (TPSA) is 78.1 Å². The molecule has 7 heteroatoms. The van der Waals surface area contributed by atoms with Crippen LogP contribution in [0.1, 0.15) is 11.1 Å². The summed E-state index contributed by atoms with van der Waals surface area (Å²) >= 11 is 0. The normalized spacial score (nSPS) is 12.7. The molecule has 0 aliphatic carbocycles. The van der Waals surface area contributed by atoms with Crippen LogP contribution in [0.5, 0.6) is 23.0 Å². The van der Waals surface area contributed by atoms with Gasteiger partial charge in [-0.15, -0.1) is 0 Å². The maximum Gasteiger partial charge on any atom is 0.319 e. The molecule has 0 fully saturated rings. The van der Waals surface area contributed by atoms with Crippen molar-refractivity contribution >= 4 is 11.7 Å². The molecule has 3 aromatic rings. The zero-order valence-electron chi connectivity index (χ0n) is 18.1. The van der Waals surface area contributed by atoms with Crippen molar-refractivity contribution in [1.82, 2.24) is 5.32 Å². The maximum atomic E-state index is 12.9. The largest absolute Gasteiger partial charge is 0.497 e. The third-order valence-corrected chi connectivity index (χ3v) is 5.23. The van der Waals surface area contributed by atoms with E-state index < -0.39 is 0 Å². The van der Waals surface area contributed by atoms with E-state index in [0.717, 1.165) is 22.6 Å². The Balaban J connectivity index is 1.50. The number of fused-ring (bicyclic) bond motifs is 1. The monoisotopic (exact) mass is 434 g/mol. The Morgan fingerprint density at radius 1 is 0.906 bits per heavy atom. The number of amides is 2. The number of anilines is 1. The first kappa shape index (κ1) is 21.4. The number of carbonyl (C=O) groups is 1. The van der Waals surface area contributed by atoms with Gasteiger partial charge in [-0.1, -0.05) is 36.4 Å². The molecule has 3 aromatic carbocycles. The van der Waals surface area contributed by atoms with Crippen molar-refractivity contribution in [3.63, 3.8) is 0 Å². The summed E-state index contributed by atoms with van der Waals surface area (Å²) in [6.07, 6.45) is 1.31. The maximum absolute atomic E-state index is 12.9. The smallest absolute Gasteiger partial charge is 0.319 e. The van der Waals surface area contributed by atoms with E-state index in [4.69, 9.17) is 18.9 Å². The predicted molar refractivity (Wildman–Crippen MR) is 122 cm³/mol. The molecule has 32 heavy (non-hydrogen) atoms. The SMILES string of the molecule is COc1ccc(OC)c(NC(=O)N[C@H](Cc2ccccc2)Cc2ccc3c(c2)OCO3)c1. The van der Waals surface area contributed by atoms with E-state index in [1.54, 1.807) is 32.4 Å². The van der Waals surface area contributed by atoms with E-state index in [1.807, 2.05) is 36.4 Å². The number of hydrogen-bond donors (Lipinski definition) is 2. The van der Waals surface area contributed by atoms with Crippen LogP contribution in [0.2, 0.25) is 0 Å². The van der Waals surface area contributed by atoms with Crippen LogP contribution in [0.15, 0.2) is 66.7 Å².